The van der Waals surface area contributed by atoms with Crippen molar-refractivity contribution in [2.45, 2.75) is 40.7 Å². The summed E-state index contributed by atoms with van der Waals surface area (Å²) in [4.78, 5) is 2.27. The number of allylic oxidation sites excluding steroid dienone is 2. The van der Waals surface area contributed by atoms with E-state index in [0.29, 0.717) is 6.10 Å². The van der Waals surface area contributed by atoms with Crippen molar-refractivity contribution in [3.05, 3.63) is 458 Å². The van der Waals surface area contributed by atoms with Crippen LogP contribution in [-0.2, 0) is 46.0 Å². The van der Waals surface area contributed by atoms with Crippen LogP contribution in [0.2, 0.25) is 0 Å². The number of likely N-dealkylation sites (N-methyl/N-ethyl adjacent to an activating group) is 1. The van der Waals surface area contributed by atoms with Crippen LogP contribution >= 0.6 is 70.8 Å². The van der Waals surface area contributed by atoms with E-state index >= 15 is 0 Å². The number of halogens is 4. The number of fused-ring (bicyclic) bond motifs is 2. The van der Waals surface area contributed by atoms with Gasteiger partial charge in [-0.15, -0.1) is 0 Å². The summed E-state index contributed by atoms with van der Waals surface area (Å²) in [6.45, 7) is 14.7. The van der Waals surface area contributed by atoms with Crippen LogP contribution in [0.5, 0.6) is 0 Å². The van der Waals surface area contributed by atoms with Gasteiger partial charge in [-0.05, 0) is 148 Å². The van der Waals surface area contributed by atoms with Gasteiger partial charge in [0, 0.05) is 19.7 Å². The quantitative estimate of drug-likeness (QED) is 0.0794. The predicted octanol–water partition coefficient (Wildman–Crippen LogP) is 22.1. The molecule has 0 aromatic heterocycles. The van der Waals surface area contributed by atoms with Crippen molar-refractivity contribution >= 4 is 143 Å². The van der Waals surface area contributed by atoms with Crippen LogP contribution in [0, 0.1) is 0 Å². The van der Waals surface area contributed by atoms with Gasteiger partial charge in [0.1, 0.15) is 69.2 Å². The first-order valence-corrected chi connectivity index (χ1v) is 59.2. The molecular weight excluding hydrogens is 1900 g/mol. The van der Waals surface area contributed by atoms with E-state index < -0.39 is 59.0 Å². The number of nitrogens with zero attached hydrogens (tertiary/aromatic N) is 3. The van der Waals surface area contributed by atoms with E-state index in [0.717, 1.165) is 93.7 Å². The zero-order valence-electron chi connectivity index (χ0n) is 70.8. The molecule has 4 fully saturated rings. The van der Waals surface area contributed by atoms with Crippen LogP contribution in [0.1, 0.15) is 68.0 Å². The van der Waals surface area contributed by atoms with Crippen LogP contribution in [0.3, 0.4) is 0 Å². The molecule has 0 radical (unpaired) electrons. The third kappa shape index (κ3) is 30.4. The van der Waals surface area contributed by atoms with Crippen molar-refractivity contribution in [3.8, 4) is 0 Å². The minimum absolute atomic E-state index is 0. The molecule has 14 aromatic carbocycles. The van der Waals surface area contributed by atoms with E-state index in [2.05, 4.69) is 404 Å². The van der Waals surface area contributed by atoms with Crippen LogP contribution in [0.25, 0.3) is 11.1 Å². The molecule has 1 unspecified atom stereocenters. The maximum atomic E-state index is 6.19. The Morgan fingerprint density at radius 3 is 0.677 bits per heavy atom. The first-order chi connectivity index (χ1) is 61.6. The molecule has 2 aliphatic carbocycles. The Balaban J connectivity index is 0.000000143. The second-order valence-electron chi connectivity index (χ2n) is 30.0. The molecule has 20 rings (SSSR count). The van der Waals surface area contributed by atoms with Gasteiger partial charge in [0.25, 0.3) is 0 Å². The summed E-state index contributed by atoms with van der Waals surface area (Å²) in [6.07, 6.45) is 7.38. The maximum Gasteiger partial charge on any atom is 0.135 e. The summed E-state index contributed by atoms with van der Waals surface area (Å²) >= 11 is -3.76. The average Bonchev–Trinajstić information content (AvgIpc) is 1.63. The van der Waals surface area contributed by atoms with E-state index in [1.165, 1.54) is 110 Å². The summed E-state index contributed by atoms with van der Waals surface area (Å²) < 4.78 is 28.7. The van der Waals surface area contributed by atoms with Gasteiger partial charge in [-0.25, -0.2) is 0 Å². The minimum Gasteiger partial charge on any atom is -0.379 e. The minimum atomic E-state index is -1.88. The van der Waals surface area contributed by atoms with E-state index in [4.69, 9.17) is 57.7 Å². The maximum absolute atomic E-state index is 6.19. The molecule has 127 heavy (non-hydrogen) atoms. The Labute approximate surface area is 787 Å². The molecular formula is C110H119Cl4N3O4P4Ru2+4. The van der Waals surface area contributed by atoms with Gasteiger partial charge in [0.05, 0.1) is 87.8 Å². The third-order valence-corrected chi connectivity index (χ3v) is 38.9. The predicted molar refractivity (Wildman–Crippen MR) is 557 cm³/mol. The van der Waals surface area contributed by atoms with Gasteiger partial charge in [0.15, 0.2) is 0 Å². The van der Waals surface area contributed by atoms with Crippen molar-refractivity contribution < 1.29 is 46.0 Å². The zero-order chi connectivity index (χ0) is 86.3. The molecule has 4 aliphatic heterocycles. The third-order valence-electron chi connectivity index (χ3n) is 21.5. The van der Waals surface area contributed by atoms with E-state index in [1.807, 2.05) is 48.5 Å². The van der Waals surface area contributed by atoms with Crippen molar-refractivity contribution in [1.29, 1.82) is 0 Å². The van der Waals surface area contributed by atoms with Crippen LogP contribution in [0.15, 0.2) is 425 Å². The summed E-state index contributed by atoms with van der Waals surface area (Å²) in [7, 11) is 23.4. The number of rotatable bonds is 14. The first kappa shape index (κ1) is 99.7. The standard InChI is InChI=1S/2C18H15P.2C16H18NOP.2C15H10.C5H11NO.C5H10O.2CH4.4ClH.2Ru/c2*1-4-10-16(11-5-1)19(17-12-6-2-7-13-17)18-14-8-3-9-15-18;2*1-3-7-15(8-4-1)19(16-9-5-2-6-10-16)17-11-13-18-14-12-17;2*1-2-6-12(7-3-1)15-11-10-13-8-4-5-9-14(13)15;1-6-2-4-7-5-3-6;1-5-3-2-4-6-5;;;;;;;;/h2*1-15H;2*1-10H,11-14H2;2*1-9,11H;2-5H2,1H3;5H,2-4H2,1H3;2*1H4;4*1H;;/q;;;;;;;;;;;;;;2*+2. The Morgan fingerprint density at radius 1 is 0.268 bits per heavy atom. The summed E-state index contributed by atoms with van der Waals surface area (Å²) in [5, 5.41) is 14.4. The number of hydrogen-bond acceptors (Lipinski definition) is 7. The second-order valence-corrected chi connectivity index (χ2v) is 51.6. The topological polar surface area (TPSA) is 46.6 Å². The Morgan fingerprint density at radius 2 is 0.480 bits per heavy atom. The van der Waals surface area contributed by atoms with Crippen molar-refractivity contribution in [3.63, 3.8) is 0 Å². The largest absolute Gasteiger partial charge is 0.379 e. The van der Waals surface area contributed by atoms with Gasteiger partial charge in [-0.1, -0.05) is 197 Å². The van der Waals surface area contributed by atoms with E-state index in [9.17, 15) is 0 Å². The summed E-state index contributed by atoms with van der Waals surface area (Å²) in [5.74, 6) is 0. The molecule has 17 heteroatoms. The molecule has 6 aliphatic rings. The zero-order valence-corrected chi connectivity index (χ0v) is 81.3. The number of benzene rings is 14. The molecule has 0 N–H and O–H groups in total. The molecule has 4 saturated heterocycles. The fourth-order valence-electron chi connectivity index (χ4n) is 15.4. The molecule has 7 nitrogen and oxygen atoms in total. The molecule has 0 amide bonds. The van der Waals surface area contributed by atoms with Crippen molar-refractivity contribution in [2.24, 2.45) is 0 Å². The number of ether oxygens (including phenoxy) is 4. The van der Waals surface area contributed by atoms with Crippen LogP contribution in [0.4, 0.5) is 0 Å². The second kappa shape index (κ2) is 55.4. The monoisotopic (exact) mass is 2010 g/mol. The van der Waals surface area contributed by atoms with Crippen LogP contribution < -0.4 is 53.0 Å². The molecule has 0 saturated carbocycles. The average molecular weight is 2020 g/mol. The number of morpholine rings is 3. The van der Waals surface area contributed by atoms with Crippen molar-refractivity contribution in [2.75, 3.05) is 92.6 Å². The van der Waals surface area contributed by atoms with Gasteiger partial charge >= 0.3 is 240 Å². The SMILES string of the molecule is C.C.CC1CCCO1.CN1CCOCC1.[Cl][Ru]([Cl])=[C]1C=C(c2ccccc2)c2ccccc21.[Cl][Ru]([Cl])=[C]1C=C(c2ccccc2)c2ccccc21.c1ccc([PH+](c2ccccc2)N2CCOCC2)cc1.c1ccc([PH+](c2ccccc2)N2CCOCC2)cc1.c1ccc([PH+](c2ccccc2)c2ccccc2)cc1.c1ccc([PH+](c2ccccc2)c2ccccc2)cc1. The fourth-order valence-corrected chi connectivity index (χ4v) is 30.9. The Bertz CT molecular complexity index is 4980. The Hall–Kier alpha value is -7.85. The van der Waals surface area contributed by atoms with Gasteiger partial charge < -0.3 is 23.8 Å². The fraction of sp³-hybridized carbons (Fsp3) is 0.182. The summed E-state index contributed by atoms with van der Waals surface area (Å²) in [6, 6.07) is 146. The van der Waals surface area contributed by atoms with Gasteiger partial charge in [0.2, 0.25) is 0 Å². The number of hydrogen-bond donors (Lipinski definition) is 0. The van der Waals surface area contributed by atoms with E-state index in [-0.39, 0.29) is 14.9 Å². The molecule has 1 atom stereocenters. The van der Waals surface area contributed by atoms with Crippen molar-refractivity contribution in [1.82, 2.24) is 14.2 Å². The molecule has 14 aromatic rings. The summed E-state index contributed by atoms with van der Waals surface area (Å²) in [5.41, 5.74) is 9.73. The normalized spacial score (nSPS) is 15.2. The molecule has 0 bridgehead atoms. The van der Waals surface area contributed by atoms with Crippen LogP contribution in [-0.4, -0.2) is 121 Å². The molecule has 0 spiro atoms. The molecule has 658 valence electrons. The smallest absolute Gasteiger partial charge is 0.135 e. The van der Waals surface area contributed by atoms with E-state index in [1.54, 1.807) is 0 Å². The molecule has 4 heterocycles. The van der Waals surface area contributed by atoms with Gasteiger partial charge in [-0.2, -0.15) is 9.34 Å². The Kier molecular flexibility index (Phi) is 43.5. The first-order valence-electron chi connectivity index (χ1n) is 42.7. The van der Waals surface area contributed by atoms with Gasteiger partial charge in [-0.3, -0.25) is 0 Å².